The molecule has 0 saturated carbocycles. The van der Waals surface area contributed by atoms with Crippen molar-refractivity contribution >= 4 is 0 Å². The maximum Gasteiger partial charge on any atom is -0.0533 e. The third-order valence-corrected chi connectivity index (χ3v) is 11.5. The Morgan fingerprint density at radius 3 is 0.229 bits per heavy atom. The minimum atomic E-state index is 1.37. The van der Waals surface area contributed by atoms with Crippen LogP contribution in [0.3, 0.4) is 0 Å². The van der Waals surface area contributed by atoms with Crippen LogP contribution in [0.4, 0.5) is 0 Å². The molecule has 0 heteroatoms. The van der Waals surface area contributed by atoms with Crippen LogP contribution in [-0.4, -0.2) is 0 Å². The lowest BCUT2D eigenvalue weighted by Gasteiger charge is -2.05. The molecule has 0 unspecified atom stereocenters. The third kappa shape index (κ3) is 46.0. The SMILES string of the molecule is CCCCCCCCCCCCCCCCCCCCCCCCCCCCCCCCCCCCCCCCCCCCCCCC. The molecule has 0 heterocycles. The predicted octanol–water partition coefficient (Wildman–Crippen LogP) is 19.0. The van der Waals surface area contributed by atoms with Gasteiger partial charge in [0, 0.05) is 0 Å². The highest BCUT2D eigenvalue weighted by Crippen LogP contribution is 2.18. The first-order chi connectivity index (χ1) is 23.9. The standard InChI is InChI=1S/C48H98/c1-3-5-7-9-11-13-15-17-19-21-23-25-27-29-31-33-35-37-39-41-43-45-47-48-46-44-42-40-38-36-34-32-30-28-26-24-22-20-18-16-14-12-10-8-6-4-2/h3-48H2,1-2H3. The molecule has 0 atom stereocenters. The maximum absolute atomic E-state index is 2.31. The summed E-state index contributed by atoms with van der Waals surface area (Å²) in [6, 6.07) is 0. The first kappa shape index (κ1) is 48.0. The van der Waals surface area contributed by atoms with Crippen molar-refractivity contribution in [1.29, 1.82) is 0 Å². The fourth-order valence-electron chi connectivity index (χ4n) is 7.92. The summed E-state index contributed by atoms with van der Waals surface area (Å²) < 4.78 is 0. The molecule has 0 aromatic rings. The Bertz CT molecular complexity index is 462. The van der Waals surface area contributed by atoms with Gasteiger partial charge in [-0.05, 0) is 0 Å². The zero-order valence-electron chi connectivity index (χ0n) is 34.5. The van der Waals surface area contributed by atoms with Gasteiger partial charge in [0.2, 0.25) is 0 Å². The van der Waals surface area contributed by atoms with Crippen molar-refractivity contribution in [2.75, 3.05) is 0 Å². The molecule has 0 aliphatic rings. The smallest absolute Gasteiger partial charge is 0.0533 e. The second-order valence-electron chi connectivity index (χ2n) is 16.6. The van der Waals surface area contributed by atoms with E-state index in [9.17, 15) is 0 Å². The summed E-state index contributed by atoms with van der Waals surface area (Å²) in [6.45, 7) is 4.62. The van der Waals surface area contributed by atoms with Gasteiger partial charge in [-0.1, -0.05) is 309 Å². The van der Waals surface area contributed by atoms with Gasteiger partial charge in [-0.15, -0.1) is 0 Å². The zero-order chi connectivity index (χ0) is 34.5. The van der Waals surface area contributed by atoms with Crippen LogP contribution in [0.2, 0.25) is 0 Å². The Morgan fingerprint density at radius 1 is 0.104 bits per heavy atom. The van der Waals surface area contributed by atoms with Crippen LogP contribution >= 0.6 is 0 Å². The molecule has 290 valence electrons. The van der Waals surface area contributed by atoms with Gasteiger partial charge in [0.1, 0.15) is 0 Å². The minimum Gasteiger partial charge on any atom is -0.0654 e. The summed E-state index contributed by atoms with van der Waals surface area (Å²) in [4.78, 5) is 0. The number of rotatable bonds is 45. The zero-order valence-corrected chi connectivity index (χ0v) is 34.5. The lowest BCUT2D eigenvalue weighted by atomic mass is 10.0. The van der Waals surface area contributed by atoms with Crippen molar-refractivity contribution in [2.45, 2.75) is 309 Å². The van der Waals surface area contributed by atoms with Crippen LogP contribution in [0.15, 0.2) is 0 Å². The highest BCUT2D eigenvalue weighted by molar-refractivity contribution is 4.54. The summed E-state index contributed by atoms with van der Waals surface area (Å²) >= 11 is 0. The molecule has 0 aromatic carbocycles. The molecule has 0 spiro atoms. The summed E-state index contributed by atoms with van der Waals surface area (Å²) in [5.41, 5.74) is 0. The quantitative estimate of drug-likeness (QED) is 0.0564. The Hall–Kier alpha value is 0. The molecule has 0 saturated heterocycles. The molecule has 0 amide bonds. The Labute approximate surface area is 308 Å². The number of hydrogen-bond donors (Lipinski definition) is 0. The second kappa shape index (κ2) is 47.0. The fraction of sp³-hybridized carbons (Fsp3) is 1.00. The maximum atomic E-state index is 2.31. The van der Waals surface area contributed by atoms with Crippen LogP contribution in [-0.2, 0) is 0 Å². The van der Waals surface area contributed by atoms with Crippen molar-refractivity contribution in [3.05, 3.63) is 0 Å². The Morgan fingerprint density at radius 2 is 0.167 bits per heavy atom. The van der Waals surface area contributed by atoms with Crippen LogP contribution < -0.4 is 0 Å². The molecule has 0 N–H and O–H groups in total. The lowest BCUT2D eigenvalue weighted by molar-refractivity contribution is 0.508. The highest BCUT2D eigenvalue weighted by Gasteiger charge is 1.98. The van der Waals surface area contributed by atoms with Crippen molar-refractivity contribution in [3.63, 3.8) is 0 Å². The van der Waals surface area contributed by atoms with E-state index in [2.05, 4.69) is 13.8 Å². The molecule has 0 aromatic heterocycles. The van der Waals surface area contributed by atoms with E-state index in [1.807, 2.05) is 0 Å². The van der Waals surface area contributed by atoms with Crippen LogP contribution in [0, 0.1) is 0 Å². The third-order valence-electron chi connectivity index (χ3n) is 11.5. The first-order valence-electron chi connectivity index (χ1n) is 23.9. The molecule has 0 radical (unpaired) electrons. The Kier molecular flexibility index (Phi) is 47.0. The summed E-state index contributed by atoms with van der Waals surface area (Å²) in [6.07, 6.45) is 68.4. The summed E-state index contributed by atoms with van der Waals surface area (Å²) in [5.74, 6) is 0. The van der Waals surface area contributed by atoms with Crippen LogP contribution in [0.1, 0.15) is 309 Å². The second-order valence-corrected chi connectivity index (χ2v) is 16.6. The van der Waals surface area contributed by atoms with Crippen molar-refractivity contribution < 1.29 is 0 Å². The van der Waals surface area contributed by atoms with Gasteiger partial charge in [-0.3, -0.25) is 0 Å². The average molecular weight is 675 g/mol. The molecule has 0 nitrogen and oxygen atoms in total. The van der Waals surface area contributed by atoms with Crippen molar-refractivity contribution in [2.24, 2.45) is 0 Å². The van der Waals surface area contributed by atoms with Gasteiger partial charge < -0.3 is 0 Å². The molecular weight excluding hydrogens is 577 g/mol. The van der Waals surface area contributed by atoms with Gasteiger partial charge >= 0.3 is 0 Å². The molecule has 48 heavy (non-hydrogen) atoms. The summed E-state index contributed by atoms with van der Waals surface area (Å²) in [5, 5.41) is 0. The first-order valence-corrected chi connectivity index (χ1v) is 23.9. The van der Waals surface area contributed by atoms with Crippen LogP contribution in [0.25, 0.3) is 0 Å². The van der Waals surface area contributed by atoms with Gasteiger partial charge in [0.15, 0.2) is 0 Å². The van der Waals surface area contributed by atoms with Crippen molar-refractivity contribution in [1.82, 2.24) is 0 Å². The predicted molar refractivity (Wildman–Crippen MR) is 224 cm³/mol. The highest BCUT2D eigenvalue weighted by atomic mass is 14.0. The van der Waals surface area contributed by atoms with E-state index in [1.54, 1.807) is 0 Å². The van der Waals surface area contributed by atoms with E-state index in [4.69, 9.17) is 0 Å². The minimum absolute atomic E-state index is 1.37. The normalized spacial score (nSPS) is 11.6. The van der Waals surface area contributed by atoms with Gasteiger partial charge in [-0.25, -0.2) is 0 Å². The van der Waals surface area contributed by atoms with E-state index in [0.29, 0.717) is 0 Å². The molecule has 0 aliphatic carbocycles. The number of hydrogen-bond acceptors (Lipinski definition) is 0. The van der Waals surface area contributed by atoms with Crippen LogP contribution in [0.5, 0.6) is 0 Å². The molecule has 0 fully saturated rings. The van der Waals surface area contributed by atoms with E-state index >= 15 is 0 Å². The van der Waals surface area contributed by atoms with Gasteiger partial charge in [-0.2, -0.15) is 0 Å². The average Bonchev–Trinajstić information content (AvgIpc) is 3.10. The van der Waals surface area contributed by atoms with E-state index in [1.165, 1.54) is 295 Å². The Balaban J connectivity index is 3.04. The van der Waals surface area contributed by atoms with Crippen molar-refractivity contribution in [3.8, 4) is 0 Å². The largest absolute Gasteiger partial charge is 0.0654 e. The number of unbranched alkanes of at least 4 members (excludes halogenated alkanes) is 45. The van der Waals surface area contributed by atoms with E-state index < -0.39 is 0 Å². The van der Waals surface area contributed by atoms with Gasteiger partial charge in [0.05, 0.1) is 0 Å². The monoisotopic (exact) mass is 675 g/mol. The van der Waals surface area contributed by atoms with E-state index in [0.717, 1.165) is 0 Å². The molecular formula is C48H98. The fourth-order valence-corrected chi connectivity index (χ4v) is 7.92. The molecule has 0 bridgehead atoms. The topological polar surface area (TPSA) is 0 Å². The summed E-state index contributed by atoms with van der Waals surface area (Å²) in [7, 11) is 0. The van der Waals surface area contributed by atoms with Gasteiger partial charge in [0.25, 0.3) is 0 Å². The molecule has 0 rings (SSSR count). The molecule has 0 aliphatic heterocycles. The lowest BCUT2D eigenvalue weighted by Crippen LogP contribution is -1.85. The van der Waals surface area contributed by atoms with E-state index in [-0.39, 0.29) is 0 Å².